The summed E-state index contributed by atoms with van der Waals surface area (Å²) in [7, 11) is -3.95. The number of carbonyl (C=O) groups excluding carboxylic acids is 4. The van der Waals surface area contributed by atoms with Gasteiger partial charge < -0.3 is 19.1 Å². The van der Waals surface area contributed by atoms with Gasteiger partial charge in [-0.05, 0) is 103 Å². The molecule has 1 aromatic heterocycles. The molecule has 7 atom stereocenters. The summed E-state index contributed by atoms with van der Waals surface area (Å²) in [6.45, 7) is 11.8. The highest BCUT2D eigenvalue weighted by Gasteiger charge is 2.62. The number of sulfonamides is 1. The van der Waals surface area contributed by atoms with Gasteiger partial charge in [-0.1, -0.05) is 44.2 Å². The molecule has 0 radical (unpaired) electrons. The number of carbonyl (C=O) groups is 4. The molecule has 1 saturated heterocycles. The summed E-state index contributed by atoms with van der Waals surface area (Å²) in [4.78, 5) is 63.5. The minimum absolute atomic E-state index is 0.0706. The summed E-state index contributed by atoms with van der Waals surface area (Å²) in [5.41, 5.74) is -1.21. The van der Waals surface area contributed by atoms with E-state index in [0.717, 1.165) is 47.9 Å². The highest BCUT2D eigenvalue weighted by molar-refractivity contribution is 7.91. The Labute approximate surface area is 330 Å². The lowest BCUT2D eigenvalue weighted by Crippen LogP contribution is -2.48. The first-order valence-corrected chi connectivity index (χ1v) is 21.9. The second kappa shape index (κ2) is 15.1. The number of nitrogens with zero attached hydrogens (tertiary/aromatic N) is 2. The first-order valence-electron chi connectivity index (χ1n) is 20.4. The van der Waals surface area contributed by atoms with E-state index in [0.29, 0.717) is 38.2 Å². The maximum Gasteiger partial charge on any atom is 0.307 e. The normalized spacial score (nSPS) is 31.1. The standard InChI is InChI=1S/C43H57N3O9S/c1-26-12-7-8-13-28-23-43(28,40(50)45-56(51,52)42(6)17-18-42)24-35(47)34-21-29(25-46(34)39(49)32(27(2)20-26)22-36(48)55-41(3,4)5)54-38-31-15-10-9-14-30(31)37-33(44-38)16-11-19-53-37/h8-10,13-15,26-29,32,34H,7,11-12,16-25H2,1-6H3,(H,45,50)/b13-8-/t26-,27+,28+,29+,32-,34-,43+/m0/s1. The van der Waals surface area contributed by atoms with Crippen molar-refractivity contribution in [3.05, 3.63) is 42.1 Å². The van der Waals surface area contributed by atoms with Crippen LogP contribution in [0, 0.1) is 29.1 Å². The van der Waals surface area contributed by atoms with Crippen LogP contribution < -0.4 is 14.2 Å². The van der Waals surface area contributed by atoms with Gasteiger partial charge in [-0.25, -0.2) is 13.4 Å². The molecule has 304 valence electrons. The van der Waals surface area contributed by atoms with Gasteiger partial charge >= 0.3 is 5.97 Å². The van der Waals surface area contributed by atoms with Gasteiger partial charge in [0.1, 0.15) is 17.5 Å². The predicted molar refractivity (Wildman–Crippen MR) is 210 cm³/mol. The second-order valence-electron chi connectivity index (χ2n) is 18.4. The van der Waals surface area contributed by atoms with Crippen LogP contribution >= 0.6 is 0 Å². The Morgan fingerprint density at radius 3 is 2.54 bits per heavy atom. The van der Waals surface area contributed by atoms with Gasteiger partial charge in [0.15, 0.2) is 5.78 Å². The number of esters is 1. The zero-order valence-electron chi connectivity index (χ0n) is 33.6. The summed E-state index contributed by atoms with van der Waals surface area (Å²) in [5, 5.41) is 1.64. The number of aryl methyl sites for hydroxylation is 1. The number of ether oxygens (including phenoxy) is 3. The van der Waals surface area contributed by atoms with E-state index in [9.17, 15) is 27.6 Å². The summed E-state index contributed by atoms with van der Waals surface area (Å²) >= 11 is 0. The Bertz CT molecular complexity index is 2040. The van der Waals surface area contributed by atoms with Gasteiger partial charge in [-0.2, -0.15) is 0 Å². The van der Waals surface area contributed by atoms with Crippen molar-refractivity contribution >= 4 is 44.4 Å². The fraction of sp³-hybridized carbons (Fsp3) is 0.651. The Kier molecular flexibility index (Phi) is 10.8. The molecule has 1 aromatic carbocycles. The fourth-order valence-corrected chi connectivity index (χ4v) is 10.2. The van der Waals surface area contributed by atoms with E-state index in [1.165, 1.54) is 0 Å². The van der Waals surface area contributed by atoms with Gasteiger partial charge in [-0.3, -0.25) is 23.9 Å². The van der Waals surface area contributed by atoms with E-state index in [1.54, 1.807) is 32.6 Å². The Hall–Kier alpha value is -4.00. The van der Waals surface area contributed by atoms with Gasteiger partial charge in [0, 0.05) is 23.6 Å². The molecule has 3 aliphatic heterocycles. The molecule has 2 aliphatic carbocycles. The predicted octanol–water partition coefficient (Wildman–Crippen LogP) is 6.23. The van der Waals surface area contributed by atoms with Crippen molar-refractivity contribution in [2.45, 2.75) is 135 Å². The number of benzene rings is 1. The summed E-state index contributed by atoms with van der Waals surface area (Å²) < 4.78 is 46.3. The number of rotatable bonds is 7. The lowest BCUT2D eigenvalue weighted by Gasteiger charge is -2.32. The maximum absolute atomic E-state index is 14.9. The van der Waals surface area contributed by atoms with E-state index in [2.05, 4.69) is 11.6 Å². The summed E-state index contributed by atoms with van der Waals surface area (Å²) in [5.74, 6) is -1.77. The number of allylic oxidation sites excluding steroid dienone is 2. The topological polar surface area (TPSA) is 158 Å². The highest BCUT2D eigenvalue weighted by atomic mass is 32.2. The third-order valence-electron chi connectivity index (χ3n) is 12.6. The van der Waals surface area contributed by atoms with Crippen molar-refractivity contribution in [2.75, 3.05) is 13.2 Å². The number of fused-ring (bicyclic) bond motifs is 5. The van der Waals surface area contributed by atoms with Crippen LogP contribution in [-0.4, -0.2) is 77.5 Å². The second-order valence-corrected chi connectivity index (χ2v) is 20.6. The first-order chi connectivity index (χ1) is 26.4. The van der Waals surface area contributed by atoms with Gasteiger partial charge in [0.2, 0.25) is 27.7 Å². The molecule has 12 nitrogen and oxygen atoms in total. The molecule has 0 unspecified atom stereocenters. The third-order valence-corrected chi connectivity index (χ3v) is 14.7. The molecular weight excluding hydrogens is 735 g/mol. The molecule has 2 saturated carbocycles. The van der Waals surface area contributed by atoms with Crippen molar-refractivity contribution in [1.82, 2.24) is 14.6 Å². The Morgan fingerprint density at radius 2 is 1.82 bits per heavy atom. The Morgan fingerprint density at radius 1 is 1.09 bits per heavy atom. The van der Waals surface area contributed by atoms with Crippen molar-refractivity contribution in [3.8, 4) is 11.6 Å². The fourth-order valence-electron chi connectivity index (χ4n) is 8.90. The zero-order chi connectivity index (χ0) is 40.2. The number of pyridine rings is 1. The number of aromatic nitrogens is 1. The average Bonchev–Trinajstić information content (AvgIpc) is 4.01. The lowest BCUT2D eigenvalue weighted by atomic mass is 9.82. The summed E-state index contributed by atoms with van der Waals surface area (Å²) in [6, 6.07) is 6.75. The smallest absolute Gasteiger partial charge is 0.307 e. The van der Waals surface area contributed by atoms with Crippen LogP contribution in [0.2, 0.25) is 0 Å². The molecule has 3 fully saturated rings. The number of ketones is 1. The van der Waals surface area contributed by atoms with E-state index >= 15 is 0 Å². The molecule has 5 aliphatic rings. The quantitative estimate of drug-likeness (QED) is 0.252. The molecule has 2 amide bonds. The van der Waals surface area contributed by atoms with Crippen LogP contribution in [0.5, 0.6) is 11.6 Å². The SMILES string of the molecule is C[C@H]1CC/C=C\[C@@H]2C[C@@]2(C(=O)NS(=O)(=O)C2(C)CC2)CC(=O)[C@@H]2C[C@@H](Oc3nc4c(c5ccccc35)OCCC4)CN2C(=O)[C@@H](CC(=O)OC(C)(C)C)[C@H](C)C1. The Balaban J connectivity index is 1.24. The van der Waals surface area contributed by atoms with E-state index < -0.39 is 55.7 Å². The molecule has 2 aromatic rings. The number of amides is 2. The highest BCUT2D eigenvalue weighted by Crippen LogP contribution is 2.58. The van der Waals surface area contributed by atoms with E-state index in [-0.39, 0.29) is 55.3 Å². The van der Waals surface area contributed by atoms with Gasteiger partial charge in [-0.15, -0.1) is 0 Å². The zero-order valence-corrected chi connectivity index (χ0v) is 34.4. The average molecular weight is 792 g/mol. The van der Waals surface area contributed by atoms with Crippen molar-refractivity contribution in [3.63, 3.8) is 0 Å². The molecule has 4 heterocycles. The van der Waals surface area contributed by atoms with Crippen LogP contribution in [0.15, 0.2) is 36.4 Å². The van der Waals surface area contributed by atoms with Gasteiger partial charge in [0.25, 0.3) is 0 Å². The first kappa shape index (κ1) is 40.2. The summed E-state index contributed by atoms with van der Waals surface area (Å²) in [6.07, 6.45) is 8.15. The molecule has 13 heteroatoms. The number of hydrogen-bond acceptors (Lipinski definition) is 10. The molecule has 0 bridgehead atoms. The van der Waals surface area contributed by atoms with Gasteiger partial charge in [0.05, 0.1) is 47.4 Å². The van der Waals surface area contributed by atoms with Crippen LogP contribution in [0.25, 0.3) is 10.8 Å². The number of nitrogens with one attached hydrogen (secondary N) is 1. The molecule has 56 heavy (non-hydrogen) atoms. The van der Waals surface area contributed by atoms with E-state index in [4.69, 9.17) is 19.2 Å². The minimum atomic E-state index is -3.95. The van der Waals surface area contributed by atoms with Crippen LogP contribution in [-0.2, 0) is 40.4 Å². The lowest BCUT2D eigenvalue weighted by molar-refractivity contribution is -0.160. The van der Waals surface area contributed by atoms with E-state index in [1.807, 2.05) is 43.3 Å². The van der Waals surface area contributed by atoms with Crippen molar-refractivity contribution < 1.29 is 41.8 Å². The monoisotopic (exact) mass is 791 g/mol. The maximum atomic E-state index is 14.9. The number of hydrogen-bond donors (Lipinski definition) is 1. The molecule has 1 N–H and O–H groups in total. The number of Topliss-reactive ketones (excluding diaryl/α,β-unsaturated/α-hetero) is 1. The van der Waals surface area contributed by atoms with Crippen LogP contribution in [0.1, 0.15) is 111 Å². The van der Waals surface area contributed by atoms with Crippen LogP contribution in [0.4, 0.5) is 0 Å². The molecule has 0 spiro atoms. The molecular formula is C43H57N3O9S. The van der Waals surface area contributed by atoms with Crippen molar-refractivity contribution in [1.29, 1.82) is 0 Å². The largest absolute Gasteiger partial charge is 0.491 e. The van der Waals surface area contributed by atoms with Crippen molar-refractivity contribution in [2.24, 2.45) is 29.1 Å². The molecule has 7 rings (SSSR count). The van der Waals surface area contributed by atoms with Crippen LogP contribution in [0.3, 0.4) is 0 Å². The third kappa shape index (κ3) is 8.20. The minimum Gasteiger partial charge on any atom is -0.491 e.